The molecule has 1 saturated heterocycles. The van der Waals surface area contributed by atoms with Crippen LogP contribution < -0.4 is 0 Å². The van der Waals surface area contributed by atoms with Gasteiger partial charge in [-0.3, -0.25) is 4.90 Å². The quantitative estimate of drug-likeness (QED) is 0.858. The number of halogens is 1. The lowest BCUT2D eigenvalue weighted by molar-refractivity contribution is 0.0600. The highest BCUT2D eigenvalue weighted by Crippen LogP contribution is 2.23. The molecule has 1 N–H and O–H groups in total. The van der Waals surface area contributed by atoms with Crippen LogP contribution >= 0.6 is 11.6 Å². The molecule has 1 aromatic rings. The minimum Gasteiger partial charge on any atom is -0.465 e. The molecule has 1 aliphatic rings. The summed E-state index contributed by atoms with van der Waals surface area (Å²) in [5, 5.41) is 9.79. The topological polar surface area (TPSA) is 49.8 Å². The van der Waals surface area contributed by atoms with Crippen LogP contribution in [-0.4, -0.2) is 42.8 Å². The highest BCUT2D eigenvalue weighted by Gasteiger charge is 2.22. The third-order valence-corrected chi connectivity index (χ3v) is 3.86. The van der Waals surface area contributed by atoms with E-state index in [-0.39, 0.29) is 12.6 Å². The van der Waals surface area contributed by atoms with E-state index in [1.807, 2.05) is 0 Å². The maximum atomic E-state index is 11.5. The average molecular weight is 284 g/mol. The first kappa shape index (κ1) is 14.3. The second-order valence-corrected chi connectivity index (χ2v) is 5.28. The van der Waals surface area contributed by atoms with Crippen molar-refractivity contribution in [3.8, 4) is 0 Å². The van der Waals surface area contributed by atoms with Crippen LogP contribution in [0.3, 0.4) is 0 Å². The van der Waals surface area contributed by atoms with E-state index in [1.165, 1.54) is 7.11 Å². The van der Waals surface area contributed by atoms with Crippen molar-refractivity contribution in [1.29, 1.82) is 0 Å². The number of ether oxygens (including phenoxy) is 1. The normalized spacial score (nSPS) is 19.6. The van der Waals surface area contributed by atoms with Crippen molar-refractivity contribution < 1.29 is 14.6 Å². The molecule has 1 atom stereocenters. The first-order valence-corrected chi connectivity index (χ1v) is 6.71. The van der Waals surface area contributed by atoms with E-state index < -0.39 is 0 Å². The van der Waals surface area contributed by atoms with E-state index in [9.17, 15) is 4.79 Å². The molecule has 104 valence electrons. The predicted molar refractivity (Wildman–Crippen MR) is 73.3 cm³/mol. The number of hydrogen-bond donors (Lipinski definition) is 1. The largest absolute Gasteiger partial charge is 0.465 e. The van der Waals surface area contributed by atoms with E-state index in [2.05, 4.69) is 4.90 Å². The maximum Gasteiger partial charge on any atom is 0.337 e. The number of carbonyl (C=O) groups is 1. The van der Waals surface area contributed by atoms with E-state index >= 15 is 0 Å². The minimum absolute atomic E-state index is 0.229. The van der Waals surface area contributed by atoms with Gasteiger partial charge >= 0.3 is 5.97 Å². The predicted octanol–water partition coefficient (Wildman–Crippen LogP) is 1.94. The number of nitrogens with zero attached hydrogens (tertiary/aromatic N) is 1. The number of rotatable bonds is 4. The first-order chi connectivity index (χ1) is 9.13. The Hall–Kier alpha value is -1.10. The van der Waals surface area contributed by atoms with Crippen molar-refractivity contribution >= 4 is 17.6 Å². The Balaban J connectivity index is 2.09. The fourth-order valence-corrected chi connectivity index (χ4v) is 2.56. The Morgan fingerprint density at radius 2 is 2.37 bits per heavy atom. The second kappa shape index (κ2) is 6.37. The van der Waals surface area contributed by atoms with Crippen LogP contribution in [0, 0.1) is 5.92 Å². The fraction of sp³-hybridized carbons (Fsp3) is 0.500. The molecular weight excluding hydrogens is 266 g/mol. The van der Waals surface area contributed by atoms with Gasteiger partial charge in [0.2, 0.25) is 0 Å². The van der Waals surface area contributed by atoms with Gasteiger partial charge in [0.05, 0.1) is 12.7 Å². The maximum absolute atomic E-state index is 11.5. The molecule has 4 nitrogen and oxygen atoms in total. The van der Waals surface area contributed by atoms with Crippen LogP contribution in [0.25, 0.3) is 0 Å². The molecule has 0 aliphatic carbocycles. The summed E-state index contributed by atoms with van der Waals surface area (Å²) >= 11 is 6.16. The SMILES string of the molecule is COC(=O)c1ccc(Cl)c(CN2CCC(CO)C2)c1. The molecule has 1 heterocycles. The zero-order valence-electron chi connectivity index (χ0n) is 10.9. The van der Waals surface area contributed by atoms with Crippen molar-refractivity contribution in [2.75, 3.05) is 26.8 Å². The van der Waals surface area contributed by atoms with Crippen LogP contribution in [0.5, 0.6) is 0 Å². The van der Waals surface area contributed by atoms with Gasteiger partial charge in [-0.25, -0.2) is 4.79 Å². The summed E-state index contributed by atoms with van der Waals surface area (Å²) in [5.41, 5.74) is 1.43. The van der Waals surface area contributed by atoms with Gasteiger partial charge in [0, 0.05) is 24.7 Å². The Morgan fingerprint density at radius 1 is 1.58 bits per heavy atom. The summed E-state index contributed by atoms with van der Waals surface area (Å²) in [6, 6.07) is 5.17. The Labute approximate surface area is 117 Å². The van der Waals surface area contributed by atoms with E-state index in [1.54, 1.807) is 18.2 Å². The van der Waals surface area contributed by atoms with Crippen LogP contribution in [-0.2, 0) is 11.3 Å². The van der Waals surface area contributed by atoms with Gasteiger partial charge in [-0.2, -0.15) is 0 Å². The molecule has 1 fully saturated rings. The smallest absolute Gasteiger partial charge is 0.337 e. The number of methoxy groups -OCH3 is 1. The molecule has 1 aromatic carbocycles. The zero-order chi connectivity index (χ0) is 13.8. The number of benzene rings is 1. The monoisotopic (exact) mass is 283 g/mol. The average Bonchev–Trinajstić information content (AvgIpc) is 2.88. The molecule has 0 amide bonds. The number of carbonyl (C=O) groups excluding carboxylic acids is 1. The molecule has 0 spiro atoms. The van der Waals surface area contributed by atoms with Gasteiger partial charge in [-0.05, 0) is 42.6 Å². The third kappa shape index (κ3) is 3.47. The molecular formula is C14H18ClNO3. The zero-order valence-corrected chi connectivity index (χ0v) is 11.7. The summed E-state index contributed by atoms with van der Waals surface area (Å²) in [5.74, 6) is -0.00450. The van der Waals surface area contributed by atoms with Crippen LogP contribution in [0.1, 0.15) is 22.3 Å². The van der Waals surface area contributed by atoms with Gasteiger partial charge in [0.1, 0.15) is 0 Å². The van der Waals surface area contributed by atoms with Gasteiger partial charge in [0.25, 0.3) is 0 Å². The third-order valence-electron chi connectivity index (χ3n) is 3.49. The molecule has 2 rings (SSSR count). The molecule has 19 heavy (non-hydrogen) atoms. The van der Waals surface area contributed by atoms with Crippen molar-refractivity contribution in [3.05, 3.63) is 34.3 Å². The summed E-state index contributed by atoms with van der Waals surface area (Å²) in [7, 11) is 1.36. The molecule has 0 saturated carbocycles. The molecule has 5 heteroatoms. The highest BCUT2D eigenvalue weighted by molar-refractivity contribution is 6.31. The summed E-state index contributed by atoms with van der Waals surface area (Å²) in [6.45, 7) is 2.74. The van der Waals surface area contributed by atoms with Crippen LogP contribution in [0.4, 0.5) is 0 Å². The molecule has 1 aliphatic heterocycles. The Kier molecular flexibility index (Phi) is 4.80. The summed E-state index contributed by atoms with van der Waals surface area (Å²) in [6.07, 6.45) is 1.00. The van der Waals surface area contributed by atoms with E-state index in [4.69, 9.17) is 21.4 Å². The fourth-order valence-electron chi connectivity index (χ4n) is 2.39. The van der Waals surface area contributed by atoms with Crippen LogP contribution in [0.15, 0.2) is 18.2 Å². The van der Waals surface area contributed by atoms with Crippen molar-refractivity contribution in [1.82, 2.24) is 4.90 Å². The minimum atomic E-state index is -0.354. The number of esters is 1. The number of aliphatic hydroxyl groups excluding tert-OH is 1. The molecule has 0 bridgehead atoms. The molecule has 1 unspecified atom stereocenters. The van der Waals surface area contributed by atoms with Gasteiger partial charge in [-0.15, -0.1) is 0 Å². The van der Waals surface area contributed by atoms with Crippen LogP contribution in [0.2, 0.25) is 5.02 Å². The number of likely N-dealkylation sites (tertiary alicyclic amines) is 1. The highest BCUT2D eigenvalue weighted by atomic mass is 35.5. The lowest BCUT2D eigenvalue weighted by atomic mass is 10.1. The van der Waals surface area contributed by atoms with Gasteiger partial charge < -0.3 is 9.84 Å². The Bertz CT molecular complexity index is 464. The van der Waals surface area contributed by atoms with E-state index in [0.717, 1.165) is 25.1 Å². The standard InChI is InChI=1S/C14H18ClNO3/c1-19-14(18)11-2-3-13(15)12(6-11)8-16-5-4-10(7-16)9-17/h2-3,6,10,17H,4-5,7-9H2,1H3. The van der Waals surface area contributed by atoms with Crippen molar-refractivity contribution in [2.45, 2.75) is 13.0 Å². The van der Waals surface area contributed by atoms with E-state index in [0.29, 0.717) is 23.0 Å². The second-order valence-electron chi connectivity index (χ2n) is 4.87. The first-order valence-electron chi connectivity index (χ1n) is 6.34. The molecule has 0 aromatic heterocycles. The van der Waals surface area contributed by atoms with Gasteiger partial charge in [0.15, 0.2) is 0 Å². The lowest BCUT2D eigenvalue weighted by Gasteiger charge is -2.17. The van der Waals surface area contributed by atoms with Crippen molar-refractivity contribution in [2.24, 2.45) is 5.92 Å². The lowest BCUT2D eigenvalue weighted by Crippen LogP contribution is -2.21. The van der Waals surface area contributed by atoms with Gasteiger partial charge in [-0.1, -0.05) is 11.6 Å². The Morgan fingerprint density at radius 3 is 3.00 bits per heavy atom. The summed E-state index contributed by atoms with van der Waals surface area (Å²) < 4.78 is 4.71. The van der Waals surface area contributed by atoms with Crippen molar-refractivity contribution in [3.63, 3.8) is 0 Å². The number of hydrogen-bond acceptors (Lipinski definition) is 4. The number of aliphatic hydroxyl groups is 1. The molecule has 0 radical (unpaired) electrons. The summed E-state index contributed by atoms with van der Waals surface area (Å²) in [4.78, 5) is 13.7.